The lowest BCUT2D eigenvalue weighted by atomic mass is 9.84. The monoisotopic (exact) mass is 535 g/mol. The molecule has 0 unspecified atom stereocenters. The Balaban J connectivity index is 1.53. The summed E-state index contributed by atoms with van der Waals surface area (Å²) in [5.41, 5.74) is 4.92. The van der Waals surface area contributed by atoms with E-state index in [1.165, 1.54) is 4.90 Å². The molecule has 0 radical (unpaired) electrons. The first-order valence-electron chi connectivity index (χ1n) is 14.5. The van der Waals surface area contributed by atoms with Crippen molar-refractivity contribution in [2.45, 2.75) is 65.0 Å². The molecule has 2 aliphatic rings. The number of ether oxygens (including phenoxy) is 1. The van der Waals surface area contributed by atoms with Gasteiger partial charge in [-0.3, -0.25) is 4.98 Å². The van der Waals surface area contributed by atoms with Crippen molar-refractivity contribution in [3.8, 4) is 11.3 Å². The fraction of sp³-hybridized carbons (Fsp3) is 0.548. The standard InChI is InChI=1S/C31H45N5O3/c1-5-7-8-9-10-29(35-17-19-36(20-18-35)30(37)38)28-21-25(22-32-28)27-12-11-26(23-33-27)31(39-6-2)13-15-34(16-14-31)24(3)4/h8-12,21-24,32H,5-7,13-20H2,1-4H3,(H,37,38)/b9-8+,29-10+. The number of allylic oxidation sites excluding steroid dienone is 3. The number of hydrogen-bond acceptors (Lipinski definition) is 5. The molecule has 2 fully saturated rings. The third kappa shape index (κ3) is 6.92. The van der Waals surface area contributed by atoms with Gasteiger partial charge in [-0.1, -0.05) is 31.6 Å². The van der Waals surface area contributed by atoms with Gasteiger partial charge in [0.2, 0.25) is 0 Å². The van der Waals surface area contributed by atoms with Crippen molar-refractivity contribution in [1.82, 2.24) is 24.7 Å². The summed E-state index contributed by atoms with van der Waals surface area (Å²) in [7, 11) is 0. The predicted octanol–water partition coefficient (Wildman–Crippen LogP) is 5.81. The van der Waals surface area contributed by atoms with E-state index < -0.39 is 6.09 Å². The van der Waals surface area contributed by atoms with Gasteiger partial charge in [-0.25, -0.2) is 4.79 Å². The molecule has 0 aliphatic carbocycles. The van der Waals surface area contributed by atoms with Crippen LogP contribution in [0.2, 0.25) is 0 Å². The molecular weight excluding hydrogens is 490 g/mol. The van der Waals surface area contributed by atoms with Gasteiger partial charge in [-0.2, -0.15) is 0 Å². The van der Waals surface area contributed by atoms with E-state index in [2.05, 4.69) is 78.9 Å². The molecule has 2 saturated heterocycles. The Hall–Kier alpha value is -3.10. The summed E-state index contributed by atoms with van der Waals surface area (Å²) in [4.78, 5) is 26.0. The lowest BCUT2D eigenvalue weighted by Gasteiger charge is -2.43. The number of carboxylic acid groups (broad SMARTS) is 1. The van der Waals surface area contributed by atoms with E-state index in [1.807, 2.05) is 12.4 Å². The summed E-state index contributed by atoms with van der Waals surface area (Å²) in [6, 6.07) is 6.99. The van der Waals surface area contributed by atoms with Gasteiger partial charge in [0.25, 0.3) is 0 Å². The van der Waals surface area contributed by atoms with Gasteiger partial charge in [-0.05, 0) is 58.2 Å². The molecule has 4 heterocycles. The summed E-state index contributed by atoms with van der Waals surface area (Å²) < 4.78 is 6.38. The van der Waals surface area contributed by atoms with Gasteiger partial charge in [0.1, 0.15) is 0 Å². The average Bonchev–Trinajstić information content (AvgIpc) is 3.44. The van der Waals surface area contributed by atoms with Gasteiger partial charge in [0.15, 0.2) is 0 Å². The molecule has 8 heteroatoms. The molecule has 8 nitrogen and oxygen atoms in total. The normalized spacial score (nSPS) is 18.8. The summed E-state index contributed by atoms with van der Waals surface area (Å²) in [5, 5.41) is 9.35. The van der Waals surface area contributed by atoms with Gasteiger partial charge >= 0.3 is 6.09 Å². The third-order valence-electron chi connectivity index (χ3n) is 8.04. The van der Waals surface area contributed by atoms with Crippen molar-refractivity contribution >= 4 is 11.8 Å². The van der Waals surface area contributed by atoms with E-state index in [9.17, 15) is 9.90 Å². The number of unbranched alkanes of at least 4 members (excludes halogenated alkanes) is 1. The van der Waals surface area contributed by atoms with Crippen molar-refractivity contribution in [2.24, 2.45) is 0 Å². The van der Waals surface area contributed by atoms with Crippen molar-refractivity contribution in [3.63, 3.8) is 0 Å². The van der Waals surface area contributed by atoms with Crippen LogP contribution in [-0.2, 0) is 10.3 Å². The second-order valence-electron chi connectivity index (χ2n) is 10.8. The zero-order valence-corrected chi connectivity index (χ0v) is 24.0. The molecule has 2 aliphatic heterocycles. The smallest absolute Gasteiger partial charge is 0.407 e. The Morgan fingerprint density at radius 3 is 2.44 bits per heavy atom. The van der Waals surface area contributed by atoms with Gasteiger partial charge in [0, 0.05) is 75.4 Å². The van der Waals surface area contributed by atoms with Crippen LogP contribution >= 0.6 is 0 Å². The maximum absolute atomic E-state index is 11.4. The van der Waals surface area contributed by atoms with Crippen molar-refractivity contribution in [3.05, 3.63) is 60.1 Å². The Bertz CT molecular complexity index is 1120. The number of nitrogens with one attached hydrogen (secondary N) is 1. The average molecular weight is 536 g/mol. The number of aromatic nitrogens is 2. The molecule has 0 atom stereocenters. The van der Waals surface area contributed by atoms with Crippen LogP contribution in [0.3, 0.4) is 0 Å². The minimum atomic E-state index is -0.851. The lowest BCUT2D eigenvalue weighted by molar-refractivity contribution is -0.0888. The zero-order chi connectivity index (χ0) is 27.8. The number of rotatable bonds is 10. The van der Waals surface area contributed by atoms with E-state index in [0.717, 1.165) is 67.0 Å². The number of H-pyrrole nitrogens is 1. The van der Waals surface area contributed by atoms with Gasteiger partial charge < -0.3 is 29.5 Å². The van der Waals surface area contributed by atoms with E-state index in [4.69, 9.17) is 9.72 Å². The number of piperazine rings is 1. The third-order valence-corrected chi connectivity index (χ3v) is 8.04. The number of aromatic amines is 1. The van der Waals surface area contributed by atoms with E-state index >= 15 is 0 Å². The van der Waals surface area contributed by atoms with Crippen LogP contribution in [0.5, 0.6) is 0 Å². The fourth-order valence-electron chi connectivity index (χ4n) is 5.64. The number of pyridine rings is 1. The summed E-state index contributed by atoms with van der Waals surface area (Å²) >= 11 is 0. The molecule has 0 bridgehead atoms. The highest BCUT2D eigenvalue weighted by Gasteiger charge is 2.37. The largest absolute Gasteiger partial charge is 0.465 e. The lowest BCUT2D eigenvalue weighted by Crippen LogP contribution is -2.47. The van der Waals surface area contributed by atoms with Gasteiger partial charge in [0.05, 0.1) is 22.7 Å². The highest BCUT2D eigenvalue weighted by molar-refractivity contribution is 5.70. The number of amides is 1. The highest BCUT2D eigenvalue weighted by atomic mass is 16.5. The van der Waals surface area contributed by atoms with Crippen LogP contribution in [0.15, 0.2) is 48.8 Å². The summed E-state index contributed by atoms with van der Waals surface area (Å²) in [6.07, 6.45) is 13.7. The second-order valence-corrected chi connectivity index (χ2v) is 10.8. The van der Waals surface area contributed by atoms with E-state index in [0.29, 0.717) is 38.8 Å². The van der Waals surface area contributed by atoms with Crippen LogP contribution in [-0.4, -0.2) is 87.8 Å². The van der Waals surface area contributed by atoms with Gasteiger partial charge in [-0.15, -0.1) is 0 Å². The molecule has 1 amide bonds. The number of hydrogen-bond donors (Lipinski definition) is 2. The van der Waals surface area contributed by atoms with Crippen LogP contribution in [0.1, 0.15) is 64.6 Å². The van der Waals surface area contributed by atoms with E-state index in [-0.39, 0.29) is 5.60 Å². The predicted molar refractivity (Wildman–Crippen MR) is 156 cm³/mol. The Kier molecular flexibility index (Phi) is 9.86. The number of nitrogens with zero attached hydrogens (tertiary/aromatic N) is 4. The first-order valence-corrected chi connectivity index (χ1v) is 14.5. The van der Waals surface area contributed by atoms with Crippen molar-refractivity contribution in [1.29, 1.82) is 0 Å². The fourth-order valence-corrected chi connectivity index (χ4v) is 5.64. The minimum Gasteiger partial charge on any atom is -0.465 e. The van der Waals surface area contributed by atoms with Crippen LogP contribution in [0, 0.1) is 0 Å². The molecule has 0 spiro atoms. The number of likely N-dealkylation sites (tertiary alicyclic amines) is 1. The summed E-state index contributed by atoms with van der Waals surface area (Å²) in [6.45, 7) is 13.8. The Labute approximate surface area is 233 Å². The molecule has 4 rings (SSSR count). The highest BCUT2D eigenvalue weighted by Crippen LogP contribution is 2.37. The quantitative estimate of drug-likeness (QED) is 0.374. The molecule has 212 valence electrons. The first kappa shape index (κ1) is 28.9. The van der Waals surface area contributed by atoms with Crippen LogP contribution in [0.25, 0.3) is 17.0 Å². The Morgan fingerprint density at radius 2 is 1.85 bits per heavy atom. The minimum absolute atomic E-state index is 0.270. The molecule has 0 saturated carbocycles. The van der Waals surface area contributed by atoms with Crippen LogP contribution < -0.4 is 0 Å². The molecule has 2 N–H and O–H groups in total. The zero-order valence-electron chi connectivity index (χ0n) is 24.0. The van der Waals surface area contributed by atoms with Crippen molar-refractivity contribution in [2.75, 3.05) is 45.9 Å². The molecule has 2 aromatic heterocycles. The number of carbonyl (C=O) groups is 1. The second kappa shape index (κ2) is 13.3. The molecule has 39 heavy (non-hydrogen) atoms. The SMILES string of the molecule is CCC/C=C/C=C(\c1cc(-c2ccc(C3(OCC)CCN(C(C)C)CC3)cn2)c[nH]1)N1CCN(C(=O)O)CC1. The Morgan fingerprint density at radius 1 is 1.13 bits per heavy atom. The molecule has 0 aromatic carbocycles. The maximum Gasteiger partial charge on any atom is 0.407 e. The topological polar surface area (TPSA) is 84.9 Å². The molecular formula is C31H45N5O3. The molecule has 2 aromatic rings. The first-order chi connectivity index (χ1) is 18.9. The maximum atomic E-state index is 11.4. The van der Waals surface area contributed by atoms with E-state index in [1.54, 1.807) is 0 Å². The summed E-state index contributed by atoms with van der Waals surface area (Å²) in [5.74, 6) is 0. The number of piperidine rings is 1. The van der Waals surface area contributed by atoms with Crippen LogP contribution in [0.4, 0.5) is 4.79 Å². The van der Waals surface area contributed by atoms with Crippen molar-refractivity contribution < 1.29 is 14.6 Å².